The molecule has 0 spiro atoms. The zero-order valence-electron chi connectivity index (χ0n) is 19.4. The first kappa shape index (κ1) is 27.1. The van der Waals surface area contributed by atoms with E-state index in [0.29, 0.717) is 38.1 Å². The number of thioether (sulfide) groups is 1. The Morgan fingerprint density at radius 3 is 2.13 bits per heavy atom. The number of hydrogen-bond donors (Lipinski definition) is 3. The van der Waals surface area contributed by atoms with E-state index >= 15 is 0 Å². The van der Waals surface area contributed by atoms with Gasteiger partial charge in [-0.3, -0.25) is 9.59 Å². The quantitative estimate of drug-likeness (QED) is 0.482. The Hall–Kier alpha value is -1.97. The molecule has 2 atom stereocenters. The molecule has 9 nitrogen and oxygen atoms in total. The van der Waals surface area contributed by atoms with Gasteiger partial charge in [0.05, 0.1) is 0 Å². The lowest BCUT2D eigenvalue weighted by Crippen LogP contribution is -2.53. The fourth-order valence-corrected chi connectivity index (χ4v) is 3.92. The van der Waals surface area contributed by atoms with E-state index in [-0.39, 0.29) is 23.7 Å². The number of aliphatic carboxylic acids is 1. The van der Waals surface area contributed by atoms with Crippen LogP contribution in [-0.2, 0) is 19.1 Å². The number of alkyl carbamates (subject to hydrolysis) is 1. The number of nitrogens with zero attached hydrogens (tertiary/aromatic N) is 1. The molecular formula is C21H37N3O6S. The predicted octanol–water partition coefficient (Wildman–Crippen LogP) is 2.10. The highest BCUT2D eigenvalue weighted by molar-refractivity contribution is 7.98. The third-order valence-corrected chi connectivity index (χ3v) is 5.49. The van der Waals surface area contributed by atoms with E-state index in [1.54, 1.807) is 31.9 Å². The average molecular weight is 460 g/mol. The Kier molecular flexibility index (Phi) is 10.6. The summed E-state index contributed by atoms with van der Waals surface area (Å²) in [5.74, 6) is -1.39. The normalized spacial score (nSPS) is 17.1. The van der Waals surface area contributed by atoms with Crippen LogP contribution in [0.2, 0.25) is 0 Å². The Bertz CT molecular complexity index is 642. The summed E-state index contributed by atoms with van der Waals surface area (Å²) in [5.41, 5.74) is -0.661. The molecule has 0 bridgehead atoms. The number of amides is 3. The maximum atomic E-state index is 13.0. The van der Waals surface area contributed by atoms with Crippen molar-refractivity contribution in [1.82, 2.24) is 15.5 Å². The SMILES string of the molecule is CSCC(NC(=O)C1CCN(C(=O)C(CC(C)C)NC(=O)OC(C)(C)C)CC1)C(=O)O. The van der Waals surface area contributed by atoms with Gasteiger partial charge < -0.3 is 25.4 Å². The highest BCUT2D eigenvalue weighted by Crippen LogP contribution is 2.20. The molecule has 31 heavy (non-hydrogen) atoms. The number of ether oxygens (including phenoxy) is 1. The van der Waals surface area contributed by atoms with E-state index in [1.165, 1.54) is 11.8 Å². The van der Waals surface area contributed by atoms with Gasteiger partial charge in [0.2, 0.25) is 11.8 Å². The van der Waals surface area contributed by atoms with Crippen LogP contribution >= 0.6 is 11.8 Å². The van der Waals surface area contributed by atoms with Crippen molar-refractivity contribution >= 4 is 35.6 Å². The zero-order valence-corrected chi connectivity index (χ0v) is 20.2. The number of hydrogen-bond acceptors (Lipinski definition) is 6. The first-order valence-electron chi connectivity index (χ1n) is 10.6. The maximum Gasteiger partial charge on any atom is 0.408 e. The van der Waals surface area contributed by atoms with E-state index in [1.807, 2.05) is 13.8 Å². The fraction of sp³-hybridized carbons (Fsp3) is 0.810. The van der Waals surface area contributed by atoms with Gasteiger partial charge in [-0.25, -0.2) is 9.59 Å². The minimum absolute atomic E-state index is 0.191. The molecule has 0 aliphatic carbocycles. The predicted molar refractivity (Wildman–Crippen MR) is 120 cm³/mol. The second kappa shape index (κ2) is 12.2. The molecule has 0 aromatic carbocycles. The minimum Gasteiger partial charge on any atom is -0.480 e. The van der Waals surface area contributed by atoms with E-state index in [4.69, 9.17) is 4.74 Å². The van der Waals surface area contributed by atoms with Gasteiger partial charge in [-0.1, -0.05) is 13.8 Å². The molecule has 0 radical (unpaired) electrons. The van der Waals surface area contributed by atoms with Crippen LogP contribution in [0.1, 0.15) is 53.9 Å². The fourth-order valence-electron chi connectivity index (χ4n) is 3.36. The molecule has 1 fully saturated rings. The lowest BCUT2D eigenvalue weighted by molar-refractivity contribution is -0.142. The lowest BCUT2D eigenvalue weighted by atomic mass is 9.94. The molecule has 1 aliphatic rings. The van der Waals surface area contributed by atoms with Crippen LogP contribution in [0.3, 0.4) is 0 Å². The Morgan fingerprint density at radius 2 is 1.68 bits per heavy atom. The molecule has 1 saturated heterocycles. The van der Waals surface area contributed by atoms with Crippen LogP contribution < -0.4 is 10.6 Å². The number of carboxylic acids is 1. The van der Waals surface area contributed by atoms with Gasteiger partial charge in [0.1, 0.15) is 17.7 Å². The zero-order chi connectivity index (χ0) is 23.8. The van der Waals surface area contributed by atoms with Crippen LogP contribution in [0.15, 0.2) is 0 Å². The molecule has 178 valence electrons. The van der Waals surface area contributed by atoms with E-state index in [0.717, 1.165) is 0 Å². The lowest BCUT2D eigenvalue weighted by Gasteiger charge is -2.34. The van der Waals surface area contributed by atoms with Crippen molar-refractivity contribution in [3.05, 3.63) is 0 Å². The summed E-state index contributed by atoms with van der Waals surface area (Å²) in [6, 6.07) is -1.62. The molecule has 2 unspecified atom stereocenters. The van der Waals surface area contributed by atoms with Crippen molar-refractivity contribution in [1.29, 1.82) is 0 Å². The second-order valence-corrected chi connectivity index (χ2v) is 10.2. The first-order valence-corrected chi connectivity index (χ1v) is 12.0. The van der Waals surface area contributed by atoms with Crippen molar-refractivity contribution in [2.45, 2.75) is 71.6 Å². The third-order valence-electron chi connectivity index (χ3n) is 4.82. The first-order chi connectivity index (χ1) is 14.3. The standard InChI is InChI=1S/C21H37N3O6S/c1-13(2)11-15(23-20(29)30-21(3,4)5)18(26)24-9-7-14(8-10-24)17(25)22-16(12-31-6)19(27)28/h13-16H,7-12H2,1-6H3,(H,22,25)(H,23,29)(H,27,28). The van der Waals surface area contributed by atoms with Gasteiger partial charge in [0, 0.05) is 24.8 Å². The van der Waals surface area contributed by atoms with Gasteiger partial charge in [0.15, 0.2) is 0 Å². The summed E-state index contributed by atoms with van der Waals surface area (Å²) >= 11 is 1.35. The van der Waals surface area contributed by atoms with Crippen molar-refractivity contribution in [2.75, 3.05) is 25.1 Å². The maximum absolute atomic E-state index is 13.0. The monoisotopic (exact) mass is 459 g/mol. The largest absolute Gasteiger partial charge is 0.480 e. The summed E-state index contributed by atoms with van der Waals surface area (Å²) in [4.78, 5) is 50.6. The van der Waals surface area contributed by atoms with Crippen molar-refractivity contribution < 1.29 is 29.0 Å². The van der Waals surface area contributed by atoms with Gasteiger partial charge in [-0.05, 0) is 52.2 Å². The number of carbonyl (C=O) groups excluding carboxylic acids is 3. The Labute approximate surface area is 189 Å². The van der Waals surface area contributed by atoms with Crippen molar-refractivity contribution in [3.8, 4) is 0 Å². The summed E-state index contributed by atoms with van der Waals surface area (Å²) in [7, 11) is 0. The van der Waals surface area contributed by atoms with E-state index in [2.05, 4.69) is 10.6 Å². The molecule has 10 heteroatoms. The highest BCUT2D eigenvalue weighted by atomic mass is 32.2. The summed E-state index contributed by atoms with van der Waals surface area (Å²) in [5, 5.41) is 14.5. The molecule has 1 rings (SSSR count). The van der Waals surface area contributed by atoms with Crippen molar-refractivity contribution in [2.24, 2.45) is 11.8 Å². The van der Waals surface area contributed by atoms with Crippen molar-refractivity contribution in [3.63, 3.8) is 0 Å². The number of likely N-dealkylation sites (tertiary alicyclic amines) is 1. The molecular weight excluding hydrogens is 422 g/mol. The van der Waals surface area contributed by atoms with Gasteiger partial charge in [-0.2, -0.15) is 11.8 Å². The molecule has 0 aromatic heterocycles. The Morgan fingerprint density at radius 1 is 1.10 bits per heavy atom. The van der Waals surface area contributed by atoms with Gasteiger partial charge in [-0.15, -0.1) is 0 Å². The number of carbonyl (C=O) groups is 4. The molecule has 3 N–H and O–H groups in total. The van der Waals surface area contributed by atoms with Crippen LogP contribution in [0.25, 0.3) is 0 Å². The molecule has 1 heterocycles. The van der Waals surface area contributed by atoms with Gasteiger partial charge >= 0.3 is 12.1 Å². The van der Waals surface area contributed by atoms with E-state index < -0.39 is 29.7 Å². The highest BCUT2D eigenvalue weighted by Gasteiger charge is 2.33. The van der Waals surface area contributed by atoms with Crippen LogP contribution in [0, 0.1) is 11.8 Å². The Balaban J connectivity index is 2.68. The van der Waals surface area contributed by atoms with Crippen LogP contribution in [0.4, 0.5) is 4.79 Å². The molecule has 0 aromatic rings. The number of carboxylic acid groups (broad SMARTS) is 1. The average Bonchev–Trinajstić information content (AvgIpc) is 2.64. The smallest absolute Gasteiger partial charge is 0.408 e. The molecule has 3 amide bonds. The molecule has 0 saturated carbocycles. The number of piperidine rings is 1. The third kappa shape index (κ3) is 9.80. The summed E-state index contributed by atoms with van der Waals surface area (Å²) < 4.78 is 5.29. The molecule has 1 aliphatic heterocycles. The topological polar surface area (TPSA) is 125 Å². The second-order valence-electron chi connectivity index (χ2n) is 9.28. The number of nitrogens with one attached hydrogen (secondary N) is 2. The minimum atomic E-state index is -1.06. The van der Waals surface area contributed by atoms with E-state index in [9.17, 15) is 24.3 Å². The summed E-state index contributed by atoms with van der Waals surface area (Å²) in [6.45, 7) is 9.98. The number of rotatable bonds is 9. The van der Waals surface area contributed by atoms with Crippen LogP contribution in [-0.4, -0.2) is 76.7 Å². The van der Waals surface area contributed by atoms with Gasteiger partial charge in [0.25, 0.3) is 0 Å². The summed E-state index contributed by atoms with van der Waals surface area (Å²) in [6.07, 6.45) is 2.53. The van der Waals surface area contributed by atoms with Crippen LogP contribution in [0.5, 0.6) is 0 Å².